The van der Waals surface area contributed by atoms with Gasteiger partial charge in [0.25, 0.3) is 0 Å². The highest BCUT2D eigenvalue weighted by molar-refractivity contribution is 5.41. The van der Waals surface area contributed by atoms with E-state index in [2.05, 4.69) is 37.5 Å². The predicted octanol–water partition coefficient (Wildman–Crippen LogP) is 2.92. The molecule has 0 aromatic heterocycles. The standard InChI is InChI=1S/C8H11N.C2H4/c1-2-9-8-6-4-3-5-7-8;1-2/h3-7,9H,2H2,1H3;1-2H2. The van der Waals surface area contributed by atoms with Crippen LogP contribution in [-0.4, -0.2) is 6.54 Å². The number of nitrogens with one attached hydrogen (secondary N) is 1. The van der Waals surface area contributed by atoms with E-state index in [9.17, 15) is 0 Å². The molecule has 11 heavy (non-hydrogen) atoms. The van der Waals surface area contributed by atoms with Crippen LogP contribution in [0.5, 0.6) is 0 Å². The van der Waals surface area contributed by atoms with E-state index < -0.39 is 0 Å². The minimum absolute atomic E-state index is 0.990. The van der Waals surface area contributed by atoms with Crippen LogP contribution in [0.4, 0.5) is 5.69 Å². The first-order valence-corrected chi connectivity index (χ1v) is 3.72. The van der Waals surface area contributed by atoms with E-state index in [1.807, 2.05) is 18.2 Å². The summed E-state index contributed by atoms with van der Waals surface area (Å²) in [5.74, 6) is 0. The molecule has 0 fully saturated rings. The van der Waals surface area contributed by atoms with Crippen molar-refractivity contribution >= 4 is 5.69 Å². The van der Waals surface area contributed by atoms with E-state index >= 15 is 0 Å². The van der Waals surface area contributed by atoms with E-state index in [1.165, 1.54) is 5.69 Å². The van der Waals surface area contributed by atoms with Crippen LogP contribution in [0.25, 0.3) is 0 Å². The average molecular weight is 149 g/mol. The van der Waals surface area contributed by atoms with Gasteiger partial charge in [-0.2, -0.15) is 0 Å². The maximum absolute atomic E-state index is 3.21. The summed E-state index contributed by atoms with van der Waals surface area (Å²) in [6.07, 6.45) is 0. The molecule has 0 radical (unpaired) electrons. The highest BCUT2D eigenvalue weighted by Crippen LogP contribution is 2.02. The van der Waals surface area contributed by atoms with Crippen molar-refractivity contribution in [1.29, 1.82) is 0 Å². The van der Waals surface area contributed by atoms with Gasteiger partial charge in [0.05, 0.1) is 0 Å². The second-order valence-corrected chi connectivity index (χ2v) is 1.90. The third-order valence-corrected chi connectivity index (χ3v) is 1.15. The maximum atomic E-state index is 3.21. The van der Waals surface area contributed by atoms with Crippen molar-refractivity contribution in [3.8, 4) is 0 Å². The van der Waals surface area contributed by atoms with Gasteiger partial charge in [0.1, 0.15) is 0 Å². The molecule has 0 unspecified atom stereocenters. The monoisotopic (exact) mass is 149 g/mol. The van der Waals surface area contributed by atoms with Gasteiger partial charge in [0.15, 0.2) is 0 Å². The van der Waals surface area contributed by atoms with Gasteiger partial charge < -0.3 is 5.32 Å². The van der Waals surface area contributed by atoms with Crippen LogP contribution in [0.15, 0.2) is 43.5 Å². The second kappa shape index (κ2) is 6.87. The summed E-state index contributed by atoms with van der Waals surface area (Å²) in [5.41, 5.74) is 1.19. The first-order valence-electron chi connectivity index (χ1n) is 3.72. The summed E-state index contributed by atoms with van der Waals surface area (Å²) in [6.45, 7) is 9.08. The van der Waals surface area contributed by atoms with Gasteiger partial charge in [-0.05, 0) is 19.1 Å². The Morgan fingerprint density at radius 1 is 1.18 bits per heavy atom. The Balaban J connectivity index is 0.000000461. The average Bonchev–Trinajstić information content (AvgIpc) is 2.11. The fraction of sp³-hybridized carbons (Fsp3) is 0.200. The van der Waals surface area contributed by atoms with Gasteiger partial charge >= 0.3 is 0 Å². The van der Waals surface area contributed by atoms with Gasteiger partial charge in [0.2, 0.25) is 0 Å². The lowest BCUT2D eigenvalue weighted by molar-refractivity contribution is 1.21. The zero-order chi connectivity index (χ0) is 8.53. The molecular weight excluding hydrogens is 134 g/mol. The molecule has 60 valence electrons. The second-order valence-electron chi connectivity index (χ2n) is 1.90. The van der Waals surface area contributed by atoms with Crippen LogP contribution >= 0.6 is 0 Å². The van der Waals surface area contributed by atoms with Crippen molar-refractivity contribution in [3.63, 3.8) is 0 Å². The molecule has 0 saturated heterocycles. The minimum Gasteiger partial charge on any atom is -0.385 e. The van der Waals surface area contributed by atoms with E-state index in [1.54, 1.807) is 0 Å². The van der Waals surface area contributed by atoms with Gasteiger partial charge in [-0.15, -0.1) is 13.2 Å². The Morgan fingerprint density at radius 3 is 2.18 bits per heavy atom. The quantitative estimate of drug-likeness (QED) is 0.637. The van der Waals surface area contributed by atoms with Crippen LogP contribution in [-0.2, 0) is 0 Å². The fourth-order valence-electron chi connectivity index (χ4n) is 0.760. The van der Waals surface area contributed by atoms with Gasteiger partial charge in [-0.25, -0.2) is 0 Å². The zero-order valence-electron chi connectivity index (χ0n) is 7.01. The van der Waals surface area contributed by atoms with Crippen molar-refractivity contribution in [2.45, 2.75) is 6.92 Å². The van der Waals surface area contributed by atoms with Crippen molar-refractivity contribution < 1.29 is 0 Å². The smallest absolute Gasteiger partial charge is 0.0340 e. The number of hydrogen-bond donors (Lipinski definition) is 1. The molecule has 1 aromatic rings. The van der Waals surface area contributed by atoms with Gasteiger partial charge in [-0.3, -0.25) is 0 Å². The highest BCUT2D eigenvalue weighted by atomic mass is 14.8. The summed E-state index contributed by atoms with van der Waals surface area (Å²) >= 11 is 0. The topological polar surface area (TPSA) is 12.0 Å². The number of rotatable bonds is 2. The minimum atomic E-state index is 0.990. The molecule has 0 bridgehead atoms. The highest BCUT2D eigenvalue weighted by Gasteiger charge is 1.81. The zero-order valence-corrected chi connectivity index (χ0v) is 7.01. The molecule has 0 aliphatic carbocycles. The van der Waals surface area contributed by atoms with E-state index in [4.69, 9.17) is 0 Å². The molecule has 0 spiro atoms. The Labute approximate surface area is 68.8 Å². The molecule has 1 rings (SSSR count). The van der Waals surface area contributed by atoms with E-state index in [-0.39, 0.29) is 0 Å². The molecule has 1 aromatic carbocycles. The summed E-state index contributed by atoms with van der Waals surface area (Å²) < 4.78 is 0. The lowest BCUT2D eigenvalue weighted by atomic mass is 10.3. The van der Waals surface area contributed by atoms with Crippen molar-refractivity contribution in [1.82, 2.24) is 0 Å². The van der Waals surface area contributed by atoms with Crippen LogP contribution in [0.3, 0.4) is 0 Å². The number of hydrogen-bond acceptors (Lipinski definition) is 1. The lowest BCUT2D eigenvalue weighted by Gasteiger charge is -1.99. The Kier molecular flexibility index (Phi) is 6.10. The number of benzene rings is 1. The van der Waals surface area contributed by atoms with Gasteiger partial charge in [0, 0.05) is 12.2 Å². The number of anilines is 1. The molecule has 0 heterocycles. The first-order chi connectivity index (χ1) is 5.43. The van der Waals surface area contributed by atoms with E-state index in [0.29, 0.717) is 0 Å². The summed E-state index contributed by atoms with van der Waals surface area (Å²) in [4.78, 5) is 0. The third kappa shape index (κ3) is 4.20. The number of para-hydroxylation sites is 1. The van der Waals surface area contributed by atoms with Crippen molar-refractivity contribution in [2.24, 2.45) is 0 Å². The molecule has 0 atom stereocenters. The van der Waals surface area contributed by atoms with Crippen molar-refractivity contribution in [3.05, 3.63) is 43.5 Å². The van der Waals surface area contributed by atoms with Gasteiger partial charge in [-0.1, -0.05) is 18.2 Å². The van der Waals surface area contributed by atoms with E-state index in [0.717, 1.165) is 6.54 Å². The first kappa shape index (κ1) is 9.76. The maximum Gasteiger partial charge on any atom is 0.0340 e. The predicted molar refractivity (Wildman–Crippen MR) is 51.9 cm³/mol. The summed E-state index contributed by atoms with van der Waals surface area (Å²) in [6, 6.07) is 10.2. The molecule has 1 heteroatoms. The Bertz CT molecular complexity index is 169. The summed E-state index contributed by atoms with van der Waals surface area (Å²) in [7, 11) is 0. The van der Waals surface area contributed by atoms with Crippen molar-refractivity contribution in [2.75, 3.05) is 11.9 Å². The van der Waals surface area contributed by atoms with Crippen LogP contribution < -0.4 is 5.32 Å². The normalized spacial score (nSPS) is 7.73. The third-order valence-electron chi connectivity index (χ3n) is 1.15. The molecule has 0 saturated carbocycles. The Morgan fingerprint density at radius 2 is 1.73 bits per heavy atom. The molecule has 0 aliphatic rings. The van der Waals surface area contributed by atoms with Crippen LogP contribution in [0.1, 0.15) is 6.92 Å². The molecular formula is C10H15N. The molecule has 0 amide bonds. The molecule has 1 N–H and O–H groups in total. The molecule has 1 nitrogen and oxygen atoms in total. The SMILES string of the molecule is C=C.CCNc1ccccc1. The fourth-order valence-corrected chi connectivity index (χ4v) is 0.760. The van der Waals surface area contributed by atoms with Crippen LogP contribution in [0, 0.1) is 0 Å². The largest absolute Gasteiger partial charge is 0.385 e. The Hall–Kier alpha value is -1.24. The van der Waals surface area contributed by atoms with Crippen LogP contribution in [0.2, 0.25) is 0 Å². The lowest BCUT2D eigenvalue weighted by Crippen LogP contribution is -1.94. The summed E-state index contributed by atoms with van der Waals surface area (Å²) in [5, 5.41) is 3.21. The molecule has 0 aliphatic heterocycles.